The summed E-state index contributed by atoms with van der Waals surface area (Å²) < 4.78 is 26.6. The molecule has 0 saturated heterocycles. The second-order valence-electron chi connectivity index (χ2n) is 4.17. The molecule has 1 saturated carbocycles. The van der Waals surface area contributed by atoms with Crippen molar-refractivity contribution in [1.29, 1.82) is 0 Å². The van der Waals surface area contributed by atoms with Crippen molar-refractivity contribution in [2.75, 3.05) is 17.7 Å². The molecule has 0 radical (unpaired) electrons. The Kier molecular flexibility index (Phi) is 2.94. The van der Waals surface area contributed by atoms with E-state index in [4.69, 9.17) is 0 Å². The molecule has 1 aromatic heterocycles. The summed E-state index contributed by atoms with van der Waals surface area (Å²) in [5, 5.41) is 5.57. The van der Waals surface area contributed by atoms with Crippen LogP contribution in [0.15, 0.2) is 6.07 Å². The highest BCUT2D eigenvalue weighted by atomic mass is 19.1. The average molecular weight is 227 g/mol. The standard InChI is InChI=1S/C11H15F2N3/c1-6(7-3-4-7)15-11-9(13)5-8(12)10(14-2)16-11/h5-7H,3-4H2,1-2H3,(H2,14,15,16). The normalized spacial score (nSPS) is 17.0. The van der Waals surface area contributed by atoms with Crippen LogP contribution in [-0.4, -0.2) is 18.1 Å². The molecule has 1 aromatic rings. The van der Waals surface area contributed by atoms with Crippen molar-refractivity contribution in [2.24, 2.45) is 5.92 Å². The molecule has 3 nitrogen and oxygen atoms in total. The van der Waals surface area contributed by atoms with Gasteiger partial charge in [-0.15, -0.1) is 0 Å². The summed E-state index contributed by atoms with van der Waals surface area (Å²) in [6, 6.07) is 1.03. The number of rotatable bonds is 4. The molecular weight excluding hydrogens is 212 g/mol. The van der Waals surface area contributed by atoms with Gasteiger partial charge >= 0.3 is 0 Å². The highest BCUT2D eigenvalue weighted by Crippen LogP contribution is 2.34. The number of halogens is 2. The van der Waals surface area contributed by atoms with Gasteiger partial charge in [0, 0.05) is 19.2 Å². The van der Waals surface area contributed by atoms with Gasteiger partial charge in [0.25, 0.3) is 0 Å². The van der Waals surface area contributed by atoms with E-state index >= 15 is 0 Å². The van der Waals surface area contributed by atoms with Crippen molar-refractivity contribution in [2.45, 2.75) is 25.8 Å². The molecule has 2 N–H and O–H groups in total. The molecular formula is C11H15F2N3. The van der Waals surface area contributed by atoms with Gasteiger partial charge in [-0.05, 0) is 25.7 Å². The summed E-state index contributed by atoms with van der Waals surface area (Å²) in [5.41, 5.74) is 0. The SMILES string of the molecule is CNc1nc(NC(C)C2CC2)c(F)cc1F. The van der Waals surface area contributed by atoms with Gasteiger partial charge in [-0.1, -0.05) is 0 Å². The first-order chi connectivity index (χ1) is 7.61. The lowest BCUT2D eigenvalue weighted by atomic mass is 10.2. The molecule has 1 unspecified atom stereocenters. The van der Waals surface area contributed by atoms with Crippen molar-refractivity contribution in [3.8, 4) is 0 Å². The first-order valence-electron chi connectivity index (χ1n) is 5.42. The van der Waals surface area contributed by atoms with Crippen LogP contribution in [0.1, 0.15) is 19.8 Å². The van der Waals surface area contributed by atoms with E-state index in [1.165, 1.54) is 0 Å². The van der Waals surface area contributed by atoms with E-state index in [-0.39, 0.29) is 17.7 Å². The summed E-state index contributed by atoms with van der Waals surface area (Å²) in [7, 11) is 1.55. The molecule has 0 aromatic carbocycles. The van der Waals surface area contributed by atoms with Gasteiger partial charge in [-0.2, -0.15) is 0 Å². The molecule has 1 heterocycles. The predicted octanol–water partition coefficient (Wildman–Crippen LogP) is 2.61. The lowest BCUT2D eigenvalue weighted by Crippen LogP contribution is -2.19. The Bertz CT molecular complexity index is 391. The lowest BCUT2D eigenvalue weighted by molar-refractivity contribution is 0.573. The van der Waals surface area contributed by atoms with E-state index in [1.807, 2.05) is 6.92 Å². The molecule has 5 heteroatoms. The molecule has 1 fully saturated rings. The monoisotopic (exact) mass is 227 g/mol. The molecule has 0 bridgehead atoms. The minimum Gasteiger partial charge on any atom is -0.371 e. The number of hydrogen-bond acceptors (Lipinski definition) is 3. The quantitative estimate of drug-likeness (QED) is 0.830. The maximum atomic E-state index is 13.4. The van der Waals surface area contributed by atoms with Crippen LogP contribution in [0.4, 0.5) is 20.4 Å². The zero-order valence-corrected chi connectivity index (χ0v) is 9.35. The van der Waals surface area contributed by atoms with E-state index in [9.17, 15) is 8.78 Å². The molecule has 1 atom stereocenters. The number of nitrogens with one attached hydrogen (secondary N) is 2. The fraction of sp³-hybridized carbons (Fsp3) is 0.545. The largest absolute Gasteiger partial charge is 0.371 e. The third kappa shape index (κ3) is 2.23. The van der Waals surface area contributed by atoms with Gasteiger partial charge < -0.3 is 10.6 Å². The summed E-state index contributed by atoms with van der Waals surface area (Å²) >= 11 is 0. The molecule has 0 aliphatic heterocycles. The smallest absolute Gasteiger partial charge is 0.168 e. The van der Waals surface area contributed by atoms with Gasteiger partial charge in [0.2, 0.25) is 0 Å². The number of hydrogen-bond donors (Lipinski definition) is 2. The summed E-state index contributed by atoms with van der Waals surface area (Å²) in [6.45, 7) is 1.99. The second-order valence-corrected chi connectivity index (χ2v) is 4.17. The van der Waals surface area contributed by atoms with Crippen LogP contribution in [0.2, 0.25) is 0 Å². The Morgan fingerprint density at radius 1 is 1.31 bits per heavy atom. The number of nitrogens with zero attached hydrogens (tertiary/aromatic N) is 1. The first kappa shape index (κ1) is 11.1. The number of aromatic nitrogens is 1. The van der Waals surface area contributed by atoms with Crippen molar-refractivity contribution >= 4 is 11.6 Å². The highest BCUT2D eigenvalue weighted by Gasteiger charge is 2.28. The van der Waals surface area contributed by atoms with Crippen LogP contribution < -0.4 is 10.6 Å². The predicted molar refractivity (Wildman–Crippen MR) is 59.5 cm³/mol. The summed E-state index contributed by atoms with van der Waals surface area (Å²) in [5.74, 6) is -0.560. The van der Waals surface area contributed by atoms with E-state index in [2.05, 4.69) is 15.6 Å². The highest BCUT2D eigenvalue weighted by molar-refractivity contribution is 5.47. The fourth-order valence-corrected chi connectivity index (χ4v) is 1.67. The third-order valence-electron chi connectivity index (χ3n) is 2.86. The molecule has 1 aliphatic rings. The first-order valence-corrected chi connectivity index (χ1v) is 5.42. The molecule has 0 spiro atoms. The Labute approximate surface area is 93.3 Å². The zero-order chi connectivity index (χ0) is 11.7. The Morgan fingerprint density at radius 3 is 2.50 bits per heavy atom. The number of anilines is 2. The van der Waals surface area contributed by atoms with E-state index < -0.39 is 11.6 Å². The van der Waals surface area contributed by atoms with Gasteiger partial charge in [0.05, 0.1) is 0 Å². The van der Waals surface area contributed by atoms with E-state index in [1.54, 1.807) is 7.05 Å². The van der Waals surface area contributed by atoms with Gasteiger partial charge in [0.15, 0.2) is 23.3 Å². The lowest BCUT2D eigenvalue weighted by Gasteiger charge is -2.15. The molecule has 2 rings (SSSR count). The van der Waals surface area contributed by atoms with Crippen molar-refractivity contribution < 1.29 is 8.78 Å². The summed E-state index contributed by atoms with van der Waals surface area (Å²) in [4.78, 5) is 3.87. The molecule has 88 valence electrons. The van der Waals surface area contributed by atoms with E-state index in [0.29, 0.717) is 5.92 Å². The maximum absolute atomic E-state index is 13.4. The second kappa shape index (κ2) is 4.23. The average Bonchev–Trinajstić information content (AvgIpc) is 3.05. The minimum absolute atomic E-state index is 0.0619. The van der Waals surface area contributed by atoms with Crippen LogP contribution >= 0.6 is 0 Å². The van der Waals surface area contributed by atoms with Crippen LogP contribution in [0.25, 0.3) is 0 Å². The Morgan fingerprint density at radius 2 is 1.94 bits per heavy atom. The van der Waals surface area contributed by atoms with Crippen LogP contribution in [0, 0.1) is 17.6 Å². The van der Waals surface area contributed by atoms with Gasteiger partial charge in [-0.3, -0.25) is 0 Å². The maximum Gasteiger partial charge on any atom is 0.168 e. The van der Waals surface area contributed by atoms with Crippen LogP contribution in [0.5, 0.6) is 0 Å². The minimum atomic E-state index is -0.676. The van der Waals surface area contributed by atoms with Crippen molar-refractivity contribution in [3.63, 3.8) is 0 Å². The molecule has 1 aliphatic carbocycles. The Balaban J connectivity index is 2.18. The topological polar surface area (TPSA) is 37.0 Å². The zero-order valence-electron chi connectivity index (χ0n) is 9.35. The van der Waals surface area contributed by atoms with E-state index in [0.717, 1.165) is 18.9 Å². The number of pyridine rings is 1. The molecule has 0 amide bonds. The molecule has 16 heavy (non-hydrogen) atoms. The summed E-state index contributed by atoms with van der Waals surface area (Å²) in [6.07, 6.45) is 2.33. The fourth-order valence-electron chi connectivity index (χ4n) is 1.67. The Hall–Kier alpha value is -1.39. The van der Waals surface area contributed by atoms with Gasteiger partial charge in [-0.25, -0.2) is 13.8 Å². The van der Waals surface area contributed by atoms with Crippen molar-refractivity contribution in [3.05, 3.63) is 17.7 Å². The third-order valence-corrected chi connectivity index (χ3v) is 2.86. The van der Waals surface area contributed by atoms with Gasteiger partial charge in [0.1, 0.15) is 0 Å². The van der Waals surface area contributed by atoms with Crippen LogP contribution in [0.3, 0.4) is 0 Å². The van der Waals surface area contributed by atoms with Crippen LogP contribution in [-0.2, 0) is 0 Å². The van der Waals surface area contributed by atoms with Crippen molar-refractivity contribution in [1.82, 2.24) is 4.98 Å².